The summed E-state index contributed by atoms with van der Waals surface area (Å²) in [6, 6.07) is 10.5. The average Bonchev–Trinajstić information content (AvgIpc) is 2.92. The summed E-state index contributed by atoms with van der Waals surface area (Å²) >= 11 is 12.0. The Morgan fingerprint density at radius 2 is 1.89 bits per heavy atom. The van der Waals surface area contributed by atoms with Crippen molar-refractivity contribution in [1.29, 1.82) is 0 Å². The van der Waals surface area contributed by atoms with Crippen LogP contribution < -0.4 is 10.9 Å². The number of hydrogen-bond donors (Lipinski definition) is 2. The molecule has 0 saturated heterocycles. The van der Waals surface area contributed by atoms with Crippen LogP contribution in [0.25, 0.3) is 5.69 Å². The molecule has 3 aromatic rings. The van der Waals surface area contributed by atoms with Gasteiger partial charge >= 0.3 is 0 Å². The van der Waals surface area contributed by atoms with Crippen LogP contribution in [-0.4, -0.2) is 15.7 Å². The largest absolute Gasteiger partial charge is 0.325 e. The molecule has 0 aliphatic rings. The Bertz CT molecular complexity index is 1040. The van der Waals surface area contributed by atoms with E-state index < -0.39 is 0 Å². The van der Waals surface area contributed by atoms with Crippen LogP contribution in [0.15, 0.2) is 47.3 Å². The van der Waals surface area contributed by atoms with E-state index in [1.54, 1.807) is 25.1 Å². The molecule has 8 heteroatoms. The molecule has 3 rings (SSSR count). The summed E-state index contributed by atoms with van der Waals surface area (Å²) in [5.41, 5.74) is 1.81. The van der Waals surface area contributed by atoms with Crippen molar-refractivity contribution in [2.75, 3.05) is 5.32 Å². The van der Waals surface area contributed by atoms with E-state index in [-0.39, 0.29) is 35.1 Å². The second-order valence-electron chi connectivity index (χ2n) is 5.98. The van der Waals surface area contributed by atoms with Gasteiger partial charge in [0.15, 0.2) is 0 Å². The molecule has 0 unspecified atom stereocenters. The van der Waals surface area contributed by atoms with Crippen molar-refractivity contribution in [2.45, 2.75) is 19.8 Å². The van der Waals surface area contributed by atoms with Crippen LogP contribution in [0.2, 0.25) is 10.0 Å². The number of carbonyl (C=O) groups excluding carboxylic acids is 1. The quantitative estimate of drug-likeness (QED) is 0.653. The normalized spacial score (nSPS) is 10.8. The molecule has 0 atom stereocenters. The molecule has 0 aliphatic carbocycles. The zero-order chi connectivity index (χ0) is 19.6. The summed E-state index contributed by atoms with van der Waals surface area (Å²) in [7, 11) is 0. The lowest BCUT2D eigenvalue weighted by atomic mass is 10.1. The Morgan fingerprint density at radius 1 is 1.19 bits per heavy atom. The van der Waals surface area contributed by atoms with Gasteiger partial charge in [-0.15, -0.1) is 0 Å². The average molecular weight is 408 g/mol. The number of aromatic nitrogens is 2. The van der Waals surface area contributed by atoms with E-state index >= 15 is 0 Å². The number of nitrogens with one attached hydrogen (secondary N) is 2. The van der Waals surface area contributed by atoms with E-state index in [9.17, 15) is 14.0 Å². The van der Waals surface area contributed by atoms with Gasteiger partial charge in [0.25, 0.3) is 5.56 Å². The third-order valence-electron chi connectivity index (χ3n) is 4.11. The van der Waals surface area contributed by atoms with Crippen molar-refractivity contribution >= 4 is 34.8 Å². The second kappa shape index (κ2) is 7.98. The molecule has 0 fully saturated rings. The highest BCUT2D eigenvalue weighted by atomic mass is 35.5. The van der Waals surface area contributed by atoms with Crippen molar-refractivity contribution in [3.63, 3.8) is 0 Å². The number of aryl methyl sites for hydroxylation is 1. The molecule has 0 saturated carbocycles. The lowest BCUT2D eigenvalue weighted by Crippen LogP contribution is -2.19. The molecule has 2 N–H and O–H groups in total. The number of H-pyrrole nitrogens is 1. The minimum absolute atomic E-state index is 0.0974. The Labute approximate surface area is 164 Å². The van der Waals surface area contributed by atoms with Gasteiger partial charge in [-0.05, 0) is 49.7 Å². The standard InChI is InChI=1S/C19H16Cl2FN3O2/c1-11-14(19(27)25(24-11)13-7-5-12(22)6-8-13)9-10-17(26)23-16-4-2-3-15(20)18(16)21/h2-8,24H,9-10H2,1H3,(H,23,26). The van der Waals surface area contributed by atoms with E-state index in [1.807, 2.05) is 0 Å². The fraction of sp³-hybridized carbons (Fsp3) is 0.158. The molecular formula is C19H16Cl2FN3O2. The zero-order valence-electron chi connectivity index (χ0n) is 14.4. The molecule has 140 valence electrons. The fourth-order valence-corrected chi connectivity index (χ4v) is 3.05. The molecule has 2 aromatic carbocycles. The van der Waals surface area contributed by atoms with E-state index in [4.69, 9.17) is 23.2 Å². The maximum atomic E-state index is 13.1. The van der Waals surface area contributed by atoms with Gasteiger partial charge in [0, 0.05) is 17.7 Å². The first-order valence-electron chi connectivity index (χ1n) is 8.17. The van der Waals surface area contributed by atoms with Crippen molar-refractivity contribution in [1.82, 2.24) is 9.78 Å². The summed E-state index contributed by atoms with van der Waals surface area (Å²) < 4.78 is 14.4. The van der Waals surface area contributed by atoms with Crippen LogP contribution >= 0.6 is 23.2 Å². The lowest BCUT2D eigenvalue weighted by Gasteiger charge is -2.07. The van der Waals surface area contributed by atoms with Crippen molar-refractivity contribution in [3.05, 3.63) is 79.9 Å². The molecule has 1 heterocycles. The summed E-state index contributed by atoms with van der Waals surface area (Å²) in [6.07, 6.45) is 0.347. The number of nitrogens with zero attached hydrogens (tertiary/aromatic N) is 1. The van der Waals surface area contributed by atoms with Gasteiger partial charge in [-0.2, -0.15) is 0 Å². The number of carbonyl (C=O) groups is 1. The van der Waals surface area contributed by atoms with Gasteiger partial charge in [-0.1, -0.05) is 29.3 Å². The fourth-order valence-electron chi connectivity index (χ4n) is 2.70. The van der Waals surface area contributed by atoms with E-state index in [1.165, 1.54) is 28.9 Å². The maximum Gasteiger partial charge on any atom is 0.274 e. The number of benzene rings is 2. The number of rotatable bonds is 5. The number of aromatic amines is 1. The molecule has 1 amide bonds. The Balaban J connectivity index is 1.73. The minimum atomic E-state index is -0.383. The molecule has 0 aliphatic heterocycles. The van der Waals surface area contributed by atoms with Gasteiger partial charge in [0.2, 0.25) is 5.91 Å². The first-order chi connectivity index (χ1) is 12.9. The number of halogens is 3. The minimum Gasteiger partial charge on any atom is -0.325 e. The lowest BCUT2D eigenvalue weighted by molar-refractivity contribution is -0.116. The number of amides is 1. The highest BCUT2D eigenvalue weighted by molar-refractivity contribution is 6.43. The molecule has 5 nitrogen and oxygen atoms in total. The van der Waals surface area contributed by atoms with Crippen LogP contribution in [0, 0.1) is 12.7 Å². The summed E-state index contributed by atoms with van der Waals surface area (Å²) in [5.74, 6) is -0.667. The van der Waals surface area contributed by atoms with Crippen LogP contribution in [0.3, 0.4) is 0 Å². The van der Waals surface area contributed by atoms with E-state index in [0.717, 1.165) is 0 Å². The zero-order valence-corrected chi connectivity index (χ0v) is 15.9. The van der Waals surface area contributed by atoms with Crippen molar-refractivity contribution < 1.29 is 9.18 Å². The molecular weight excluding hydrogens is 392 g/mol. The predicted molar refractivity (Wildman–Crippen MR) is 104 cm³/mol. The second-order valence-corrected chi connectivity index (χ2v) is 6.77. The monoisotopic (exact) mass is 407 g/mol. The molecule has 1 aromatic heterocycles. The molecule has 0 radical (unpaired) electrons. The van der Waals surface area contributed by atoms with Crippen LogP contribution in [0.1, 0.15) is 17.7 Å². The van der Waals surface area contributed by atoms with Crippen LogP contribution in [0.5, 0.6) is 0 Å². The van der Waals surface area contributed by atoms with Crippen molar-refractivity contribution in [2.24, 2.45) is 0 Å². The summed E-state index contributed by atoms with van der Waals surface area (Å²) in [5, 5.41) is 6.25. The van der Waals surface area contributed by atoms with Gasteiger partial charge in [-0.3, -0.25) is 14.7 Å². The smallest absolute Gasteiger partial charge is 0.274 e. The van der Waals surface area contributed by atoms with Gasteiger partial charge < -0.3 is 5.32 Å². The van der Waals surface area contributed by atoms with Crippen LogP contribution in [-0.2, 0) is 11.2 Å². The van der Waals surface area contributed by atoms with E-state index in [0.29, 0.717) is 27.7 Å². The van der Waals surface area contributed by atoms with Gasteiger partial charge in [0.1, 0.15) is 5.82 Å². The topological polar surface area (TPSA) is 66.9 Å². The summed E-state index contributed by atoms with van der Waals surface area (Å²) in [6.45, 7) is 1.75. The first kappa shape index (κ1) is 19.2. The Hall–Kier alpha value is -2.57. The van der Waals surface area contributed by atoms with Gasteiger partial charge in [0.05, 0.1) is 21.4 Å². The van der Waals surface area contributed by atoms with Gasteiger partial charge in [-0.25, -0.2) is 9.07 Å². The Morgan fingerprint density at radius 3 is 2.59 bits per heavy atom. The molecule has 0 bridgehead atoms. The number of hydrogen-bond acceptors (Lipinski definition) is 2. The molecule has 0 spiro atoms. The third kappa shape index (κ3) is 4.23. The number of anilines is 1. The Kier molecular flexibility index (Phi) is 5.68. The SMILES string of the molecule is Cc1[nH]n(-c2ccc(F)cc2)c(=O)c1CCC(=O)Nc1cccc(Cl)c1Cl. The third-order valence-corrected chi connectivity index (χ3v) is 4.92. The van der Waals surface area contributed by atoms with Crippen molar-refractivity contribution in [3.8, 4) is 5.69 Å². The van der Waals surface area contributed by atoms with E-state index in [2.05, 4.69) is 10.4 Å². The highest BCUT2D eigenvalue weighted by Crippen LogP contribution is 2.29. The maximum absolute atomic E-state index is 13.1. The summed E-state index contributed by atoms with van der Waals surface area (Å²) in [4.78, 5) is 24.8. The highest BCUT2D eigenvalue weighted by Gasteiger charge is 2.15. The van der Waals surface area contributed by atoms with Crippen LogP contribution in [0.4, 0.5) is 10.1 Å². The molecule has 27 heavy (non-hydrogen) atoms. The predicted octanol–water partition coefficient (Wildman–Crippen LogP) is 4.49. The first-order valence-corrected chi connectivity index (χ1v) is 8.92.